The number of fused-ring (bicyclic) bond motifs is 1. The van der Waals surface area contributed by atoms with E-state index < -0.39 is 11.9 Å². The Labute approximate surface area is 176 Å². The first kappa shape index (κ1) is 21.3. The highest BCUT2D eigenvalue weighted by atomic mass is 32.1. The molecule has 1 heterocycles. The number of benzene rings is 2. The minimum atomic E-state index is -0.478. The Morgan fingerprint density at radius 3 is 2.53 bits per heavy atom. The quantitative estimate of drug-likeness (QED) is 0.559. The van der Waals surface area contributed by atoms with Gasteiger partial charge in [-0.1, -0.05) is 23.5 Å². The van der Waals surface area contributed by atoms with Crippen LogP contribution in [-0.2, 0) is 32.0 Å². The lowest BCUT2D eigenvalue weighted by Gasteiger charge is -2.05. The van der Waals surface area contributed by atoms with Gasteiger partial charge in [-0.05, 0) is 35.9 Å². The summed E-state index contributed by atoms with van der Waals surface area (Å²) >= 11 is 1.20. The van der Waals surface area contributed by atoms with Gasteiger partial charge in [-0.3, -0.25) is 9.59 Å². The molecule has 0 unspecified atom stereocenters. The molecule has 0 aliphatic heterocycles. The van der Waals surface area contributed by atoms with E-state index in [9.17, 15) is 14.4 Å². The van der Waals surface area contributed by atoms with Gasteiger partial charge in [0.2, 0.25) is 0 Å². The number of methoxy groups -OCH3 is 3. The van der Waals surface area contributed by atoms with E-state index in [2.05, 4.69) is 4.99 Å². The molecule has 0 saturated carbocycles. The Kier molecular flexibility index (Phi) is 6.63. The fraction of sp³-hybridized carbons (Fsp3) is 0.238. The van der Waals surface area contributed by atoms with Crippen LogP contribution in [0.4, 0.5) is 0 Å². The zero-order valence-corrected chi connectivity index (χ0v) is 17.5. The Hall–Kier alpha value is -3.46. The highest BCUT2D eigenvalue weighted by molar-refractivity contribution is 7.16. The second-order valence-corrected chi connectivity index (χ2v) is 7.26. The van der Waals surface area contributed by atoms with Gasteiger partial charge in [0.25, 0.3) is 5.91 Å². The van der Waals surface area contributed by atoms with Crippen LogP contribution >= 0.6 is 11.3 Å². The molecule has 0 saturated heterocycles. The highest BCUT2D eigenvalue weighted by Gasteiger charge is 2.14. The van der Waals surface area contributed by atoms with Crippen LogP contribution in [0.1, 0.15) is 15.9 Å². The Morgan fingerprint density at radius 2 is 1.83 bits per heavy atom. The first-order valence-electron chi connectivity index (χ1n) is 8.94. The van der Waals surface area contributed by atoms with Gasteiger partial charge >= 0.3 is 11.9 Å². The molecule has 2 aromatic carbocycles. The van der Waals surface area contributed by atoms with Crippen LogP contribution in [0.3, 0.4) is 0 Å². The zero-order valence-electron chi connectivity index (χ0n) is 16.7. The van der Waals surface area contributed by atoms with E-state index >= 15 is 0 Å². The van der Waals surface area contributed by atoms with Crippen LogP contribution < -0.4 is 9.54 Å². The molecule has 0 bridgehead atoms. The van der Waals surface area contributed by atoms with Gasteiger partial charge in [0.1, 0.15) is 12.3 Å². The number of thiazole rings is 1. The SMILES string of the molecule is COC(=O)Cn1c(=NC(=O)Cc2cccc(OC)c2)sc2cc(C(=O)OC)ccc21. The van der Waals surface area contributed by atoms with Crippen molar-refractivity contribution in [3.05, 3.63) is 58.4 Å². The summed E-state index contributed by atoms with van der Waals surface area (Å²) in [6, 6.07) is 12.1. The smallest absolute Gasteiger partial charge is 0.337 e. The number of rotatable bonds is 6. The molecular formula is C21H20N2O6S. The van der Waals surface area contributed by atoms with E-state index in [1.54, 1.807) is 48.1 Å². The van der Waals surface area contributed by atoms with Gasteiger partial charge in [-0.2, -0.15) is 4.99 Å². The summed E-state index contributed by atoms with van der Waals surface area (Å²) in [5.41, 5.74) is 1.79. The minimum absolute atomic E-state index is 0.0804. The molecule has 0 spiro atoms. The Morgan fingerprint density at radius 1 is 1.03 bits per heavy atom. The summed E-state index contributed by atoms with van der Waals surface area (Å²) in [5.74, 6) is -0.675. The van der Waals surface area contributed by atoms with Crippen LogP contribution in [-0.4, -0.2) is 43.7 Å². The lowest BCUT2D eigenvalue weighted by molar-refractivity contribution is -0.141. The topological polar surface area (TPSA) is 96.2 Å². The van der Waals surface area contributed by atoms with Gasteiger partial charge in [0.05, 0.1) is 43.5 Å². The minimum Gasteiger partial charge on any atom is -0.497 e. The summed E-state index contributed by atoms with van der Waals surface area (Å²) in [4.78, 5) is 40.8. The van der Waals surface area contributed by atoms with Gasteiger partial charge in [-0.25, -0.2) is 4.79 Å². The highest BCUT2D eigenvalue weighted by Crippen LogP contribution is 2.20. The molecule has 0 N–H and O–H groups in total. The van der Waals surface area contributed by atoms with Crippen molar-refractivity contribution in [2.24, 2.45) is 4.99 Å². The summed E-state index contributed by atoms with van der Waals surface area (Å²) in [6.45, 7) is -0.112. The molecule has 0 aliphatic carbocycles. The van der Waals surface area contributed by atoms with E-state index in [-0.39, 0.29) is 18.9 Å². The average molecular weight is 428 g/mol. The summed E-state index contributed by atoms with van der Waals surface area (Å²) in [5, 5.41) is 0. The predicted molar refractivity (Wildman–Crippen MR) is 110 cm³/mol. The van der Waals surface area contributed by atoms with Crippen LogP contribution in [0, 0.1) is 0 Å². The van der Waals surface area contributed by atoms with Crippen LogP contribution in [0.5, 0.6) is 5.75 Å². The first-order valence-corrected chi connectivity index (χ1v) is 9.75. The molecule has 0 radical (unpaired) electrons. The lowest BCUT2D eigenvalue weighted by Crippen LogP contribution is -2.22. The summed E-state index contributed by atoms with van der Waals surface area (Å²) in [6.07, 6.45) is 0.0804. The number of hydrogen-bond donors (Lipinski definition) is 0. The molecule has 3 rings (SSSR count). The third kappa shape index (κ3) is 4.74. The molecule has 9 heteroatoms. The van der Waals surface area contributed by atoms with E-state index in [1.807, 2.05) is 6.07 Å². The maximum Gasteiger partial charge on any atom is 0.337 e. The van der Waals surface area contributed by atoms with E-state index in [0.717, 1.165) is 5.56 Å². The van der Waals surface area contributed by atoms with Crippen LogP contribution in [0.25, 0.3) is 10.2 Å². The fourth-order valence-electron chi connectivity index (χ4n) is 2.85. The van der Waals surface area contributed by atoms with Crippen molar-refractivity contribution in [3.8, 4) is 5.75 Å². The number of hydrogen-bond acceptors (Lipinski definition) is 7. The Balaban J connectivity index is 2.02. The summed E-state index contributed by atoms with van der Waals surface area (Å²) in [7, 11) is 4.15. The van der Waals surface area contributed by atoms with E-state index in [0.29, 0.717) is 26.3 Å². The van der Waals surface area contributed by atoms with E-state index in [4.69, 9.17) is 14.2 Å². The van der Waals surface area contributed by atoms with Gasteiger partial charge in [-0.15, -0.1) is 0 Å². The van der Waals surface area contributed by atoms with Crippen LogP contribution in [0.2, 0.25) is 0 Å². The molecule has 30 heavy (non-hydrogen) atoms. The number of nitrogens with zero attached hydrogens (tertiary/aromatic N) is 2. The number of esters is 2. The standard InChI is InChI=1S/C21H20N2O6S/c1-27-15-6-4-5-13(9-15)10-18(24)22-21-23(12-19(25)28-2)16-8-7-14(20(26)29-3)11-17(16)30-21/h4-9,11H,10,12H2,1-3H3. The van der Waals surface area contributed by atoms with Crippen molar-refractivity contribution >= 4 is 39.4 Å². The van der Waals surface area contributed by atoms with Crippen molar-refractivity contribution in [1.82, 2.24) is 4.57 Å². The molecule has 3 aromatic rings. The van der Waals surface area contributed by atoms with Crippen molar-refractivity contribution < 1.29 is 28.6 Å². The average Bonchev–Trinajstić information content (AvgIpc) is 3.08. The molecule has 1 amide bonds. The van der Waals surface area contributed by atoms with Gasteiger partial charge in [0, 0.05) is 0 Å². The van der Waals surface area contributed by atoms with Crippen LogP contribution in [0.15, 0.2) is 47.5 Å². The fourth-order valence-corrected chi connectivity index (χ4v) is 3.94. The maximum atomic E-state index is 12.6. The maximum absolute atomic E-state index is 12.6. The molecule has 156 valence electrons. The van der Waals surface area contributed by atoms with Gasteiger partial charge < -0.3 is 18.8 Å². The molecule has 8 nitrogen and oxygen atoms in total. The lowest BCUT2D eigenvalue weighted by atomic mass is 10.1. The van der Waals surface area contributed by atoms with Gasteiger partial charge in [0.15, 0.2) is 4.80 Å². The third-order valence-electron chi connectivity index (χ3n) is 4.33. The van der Waals surface area contributed by atoms with Crippen molar-refractivity contribution in [1.29, 1.82) is 0 Å². The number of ether oxygens (including phenoxy) is 3. The second kappa shape index (κ2) is 9.36. The van der Waals surface area contributed by atoms with Crippen molar-refractivity contribution in [2.45, 2.75) is 13.0 Å². The molecule has 0 atom stereocenters. The number of carbonyl (C=O) groups excluding carboxylic acids is 3. The largest absolute Gasteiger partial charge is 0.497 e. The normalized spacial score (nSPS) is 11.4. The third-order valence-corrected chi connectivity index (χ3v) is 5.37. The molecule has 0 fully saturated rings. The summed E-state index contributed by atoms with van der Waals surface area (Å²) < 4.78 is 17.0. The predicted octanol–water partition coefficient (Wildman–Crippen LogP) is 2.34. The Bertz CT molecular complexity index is 1180. The first-order chi connectivity index (χ1) is 14.4. The van der Waals surface area contributed by atoms with Crippen molar-refractivity contribution in [2.75, 3.05) is 21.3 Å². The molecule has 1 aromatic heterocycles. The zero-order chi connectivity index (χ0) is 21.7. The monoisotopic (exact) mass is 428 g/mol. The van der Waals surface area contributed by atoms with E-state index in [1.165, 1.54) is 25.6 Å². The molecule has 0 aliphatic rings. The second-order valence-electron chi connectivity index (χ2n) is 6.25. The van der Waals surface area contributed by atoms with Crippen molar-refractivity contribution in [3.63, 3.8) is 0 Å². The number of carbonyl (C=O) groups is 3. The number of amides is 1. The molecular weight excluding hydrogens is 408 g/mol. The number of aromatic nitrogens is 1.